The third kappa shape index (κ3) is 2.55. The average Bonchev–Trinajstić information content (AvgIpc) is 3.03. The Morgan fingerprint density at radius 2 is 1.39 bits per heavy atom. The molecule has 4 aromatic carbocycles. The second-order valence-corrected chi connectivity index (χ2v) is 7.69. The van der Waals surface area contributed by atoms with Gasteiger partial charge in [-0.25, -0.2) is 0 Å². The van der Waals surface area contributed by atoms with Gasteiger partial charge >= 0.3 is 0 Å². The molecule has 28 heavy (non-hydrogen) atoms. The third-order valence-electron chi connectivity index (χ3n) is 5.71. The van der Waals surface area contributed by atoms with Gasteiger partial charge in [-0.05, 0) is 78.9 Å². The monoisotopic (exact) mass is 361 g/mol. The third-order valence-corrected chi connectivity index (χ3v) is 5.71. The minimum Gasteiger partial charge on any atom is -0.309 e. The molecular weight excluding hydrogens is 338 g/mol. The van der Waals surface area contributed by atoms with E-state index >= 15 is 0 Å². The Kier molecular flexibility index (Phi) is 3.84. The summed E-state index contributed by atoms with van der Waals surface area (Å²) >= 11 is 0. The van der Waals surface area contributed by atoms with Gasteiger partial charge in [0.15, 0.2) is 0 Å². The van der Waals surface area contributed by atoms with E-state index in [1.165, 1.54) is 55.3 Å². The van der Waals surface area contributed by atoms with Crippen LogP contribution in [0.4, 0.5) is 0 Å². The molecule has 1 heteroatoms. The smallest absolute Gasteiger partial charge is 0.0543 e. The maximum atomic E-state index is 2.40. The maximum absolute atomic E-state index is 2.40. The van der Waals surface area contributed by atoms with Crippen LogP contribution >= 0.6 is 0 Å². The number of aromatic nitrogens is 1. The Labute approximate surface area is 165 Å². The molecule has 1 heterocycles. The summed E-state index contributed by atoms with van der Waals surface area (Å²) in [4.78, 5) is 0. The quantitative estimate of drug-likeness (QED) is 0.309. The van der Waals surface area contributed by atoms with Crippen LogP contribution in [0.1, 0.15) is 16.7 Å². The van der Waals surface area contributed by atoms with E-state index in [2.05, 4.69) is 110 Å². The predicted molar refractivity (Wildman–Crippen MR) is 120 cm³/mol. The Hall–Kier alpha value is -3.32. The molecule has 0 aliphatic carbocycles. The molecule has 1 nitrogen and oxygen atoms in total. The molecule has 0 bridgehead atoms. The van der Waals surface area contributed by atoms with Gasteiger partial charge < -0.3 is 4.57 Å². The van der Waals surface area contributed by atoms with Crippen molar-refractivity contribution in [2.45, 2.75) is 20.8 Å². The first-order valence-electron chi connectivity index (χ1n) is 9.80. The Balaban J connectivity index is 1.89. The van der Waals surface area contributed by atoms with E-state index in [0.29, 0.717) is 0 Å². The lowest BCUT2D eigenvalue weighted by Crippen LogP contribution is -1.94. The zero-order chi connectivity index (χ0) is 19.3. The Morgan fingerprint density at radius 1 is 0.607 bits per heavy atom. The van der Waals surface area contributed by atoms with Crippen molar-refractivity contribution in [2.24, 2.45) is 0 Å². The van der Waals surface area contributed by atoms with Crippen LogP contribution in [0.3, 0.4) is 0 Å². The molecule has 5 rings (SSSR count). The van der Waals surface area contributed by atoms with Crippen LogP contribution in [0.25, 0.3) is 38.6 Å². The lowest BCUT2D eigenvalue weighted by atomic mass is 9.98. The molecule has 0 fully saturated rings. The molecule has 0 atom stereocenters. The van der Waals surface area contributed by atoms with Crippen LogP contribution in [-0.4, -0.2) is 4.57 Å². The van der Waals surface area contributed by atoms with E-state index in [1.807, 2.05) is 0 Å². The normalized spacial score (nSPS) is 11.4. The molecule has 0 aliphatic rings. The second kappa shape index (κ2) is 6.38. The zero-order valence-electron chi connectivity index (χ0n) is 16.5. The molecule has 0 radical (unpaired) electrons. The summed E-state index contributed by atoms with van der Waals surface area (Å²) in [6, 6.07) is 30.9. The van der Waals surface area contributed by atoms with Crippen LogP contribution < -0.4 is 0 Å². The van der Waals surface area contributed by atoms with Gasteiger partial charge in [-0.3, -0.25) is 0 Å². The number of hydrogen-bond donors (Lipinski definition) is 0. The first-order valence-corrected chi connectivity index (χ1v) is 9.80. The number of rotatable bonds is 2. The lowest BCUT2D eigenvalue weighted by molar-refractivity contribution is 1.17. The second-order valence-electron chi connectivity index (χ2n) is 7.69. The first kappa shape index (κ1) is 16.8. The van der Waals surface area contributed by atoms with E-state index < -0.39 is 0 Å². The van der Waals surface area contributed by atoms with Crippen LogP contribution in [0.5, 0.6) is 0 Å². The van der Waals surface area contributed by atoms with Gasteiger partial charge in [0.25, 0.3) is 0 Å². The fourth-order valence-electron chi connectivity index (χ4n) is 4.36. The summed E-state index contributed by atoms with van der Waals surface area (Å²) in [5, 5.41) is 2.66. The topological polar surface area (TPSA) is 4.93 Å². The lowest BCUT2D eigenvalue weighted by Gasteiger charge is -2.10. The molecule has 0 amide bonds. The van der Waals surface area contributed by atoms with Gasteiger partial charge in [-0.15, -0.1) is 0 Å². The van der Waals surface area contributed by atoms with Gasteiger partial charge in [0.1, 0.15) is 0 Å². The zero-order valence-corrected chi connectivity index (χ0v) is 16.5. The van der Waals surface area contributed by atoms with Crippen LogP contribution in [0.2, 0.25) is 0 Å². The number of aryl methyl sites for hydroxylation is 3. The molecule has 0 unspecified atom stereocenters. The molecule has 0 saturated carbocycles. The number of fused-ring (bicyclic) bond motifs is 3. The highest BCUT2D eigenvalue weighted by Crippen LogP contribution is 2.37. The molecule has 5 aromatic rings. The summed E-state index contributed by atoms with van der Waals surface area (Å²) in [6.07, 6.45) is 0. The van der Waals surface area contributed by atoms with Gasteiger partial charge in [-0.1, -0.05) is 54.6 Å². The Bertz CT molecular complexity index is 1340. The molecule has 136 valence electrons. The van der Waals surface area contributed by atoms with Crippen LogP contribution in [-0.2, 0) is 0 Å². The highest BCUT2D eigenvalue weighted by Gasteiger charge is 2.15. The molecule has 1 aromatic heterocycles. The van der Waals surface area contributed by atoms with Gasteiger partial charge in [0.2, 0.25) is 0 Å². The van der Waals surface area contributed by atoms with E-state index in [1.54, 1.807) is 0 Å². The van der Waals surface area contributed by atoms with E-state index in [4.69, 9.17) is 0 Å². The van der Waals surface area contributed by atoms with Gasteiger partial charge in [0, 0.05) is 16.5 Å². The fourth-order valence-corrected chi connectivity index (χ4v) is 4.36. The minimum absolute atomic E-state index is 1.22. The van der Waals surface area contributed by atoms with Crippen molar-refractivity contribution in [3.8, 4) is 16.8 Å². The first-order chi connectivity index (χ1) is 13.6. The fraction of sp³-hybridized carbons (Fsp3) is 0.111. The SMILES string of the molecule is Cc1cccc(-n2c3ccc(-c4ccccc4C)cc3c3c(C)cccc32)c1. The maximum Gasteiger partial charge on any atom is 0.0543 e. The van der Waals surface area contributed by atoms with Crippen molar-refractivity contribution in [1.29, 1.82) is 0 Å². The van der Waals surface area contributed by atoms with Crippen molar-refractivity contribution in [3.63, 3.8) is 0 Å². The molecule has 0 spiro atoms. The molecule has 0 aliphatic heterocycles. The van der Waals surface area contributed by atoms with E-state index in [0.717, 1.165) is 0 Å². The predicted octanol–water partition coefficient (Wildman–Crippen LogP) is 7.38. The summed E-state index contributed by atoms with van der Waals surface area (Å²) in [7, 11) is 0. The standard InChI is InChI=1S/C27H23N/c1-18-8-6-11-22(16-18)28-25-15-14-21(23-12-5-4-9-19(23)2)17-24(25)27-20(3)10-7-13-26(27)28/h4-17H,1-3H3. The largest absolute Gasteiger partial charge is 0.309 e. The summed E-state index contributed by atoms with van der Waals surface area (Å²) in [5.74, 6) is 0. The van der Waals surface area contributed by atoms with Crippen LogP contribution in [0, 0.1) is 20.8 Å². The van der Waals surface area contributed by atoms with E-state index in [9.17, 15) is 0 Å². The molecule has 0 N–H and O–H groups in total. The number of nitrogens with zero attached hydrogens (tertiary/aromatic N) is 1. The molecule has 0 saturated heterocycles. The number of benzene rings is 4. The average molecular weight is 361 g/mol. The van der Waals surface area contributed by atoms with E-state index in [-0.39, 0.29) is 0 Å². The van der Waals surface area contributed by atoms with Crippen molar-refractivity contribution < 1.29 is 0 Å². The van der Waals surface area contributed by atoms with Crippen LogP contribution in [0.15, 0.2) is 84.9 Å². The highest BCUT2D eigenvalue weighted by atomic mass is 15.0. The van der Waals surface area contributed by atoms with Gasteiger partial charge in [-0.2, -0.15) is 0 Å². The molecular formula is C27H23N. The summed E-state index contributed by atoms with van der Waals surface area (Å²) < 4.78 is 2.40. The summed E-state index contributed by atoms with van der Waals surface area (Å²) in [6.45, 7) is 6.54. The minimum atomic E-state index is 1.22. The van der Waals surface area contributed by atoms with Crippen molar-refractivity contribution in [2.75, 3.05) is 0 Å². The van der Waals surface area contributed by atoms with Crippen molar-refractivity contribution >= 4 is 21.8 Å². The Morgan fingerprint density at radius 3 is 2.21 bits per heavy atom. The summed E-state index contributed by atoms with van der Waals surface area (Å²) in [5.41, 5.74) is 10.2. The van der Waals surface area contributed by atoms with Crippen molar-refractivity contribution in [3.05, 3.63) is 102 Å². The van der Waals surface area contributed by atoms with Gasteiger partial charge in [0.05, 0.1) is 11.0 Å². The van der Waals surface area contributed by atoms with Crippen molar-refractivity contribution in [1.82, 2.24) is 4.57 Å². The number of hydrogen-bond acceptors (Lipinski definition) is 0. The highest BCUT2D eigenvalue weighted by molar-refractivity contribution is 6.12.